The van der Waals surface area contributed by atoms with Crippen molar-refractivity contribution in [3.05, 3.63) is 35.4 Å². The summed E-state index contributed by atoms with van der Waals surface area (Å²) in [5, 5.41) is 11.5. The Morgan fingerprint density at radius 2 is 1.63 bits per heavy atom. The largest absolute Gasteiger partial charge is 0.481 e. The monoisotopic (exact) mass is 264 g/mol. The molecule has 0 aromatic heterocycles. The molecule has 0 spiro atoms. The minimum Gasteiger partial charge on any atom is -0.481 e. The average molecular weight is 264 g/mol. The van der Waals surface area contributed by atoms with Gasteiger partial charge in [-0.2, -0.15) is 0 Å². The normalized spacial score (nSPS) is 10.8. The molecule has 4 N–H and O–H groups in total. The maximum absolute atomic E-state index is 11.8. The summed E-state index contributed by atoms with van der Waals surface area (Å²) in [6, 6.07) is 5.81. The van der Waals surface area contributed by atoms with E-state index in [0.29, 0.717) is 11.1 Å². The molecule has 0 heterocycles. The molecule has 6 heteroatoms. The first kappa shape index (κ1) is 14.7. The van der Waals surface area contributed by atoms with Crippen molar-refractivity contribution in [3.8, 4) is 0 Å². The molecule has 0 saturated carbocycles. The highest BCUT2D eigenvalue weighted by Crippen LogP contribution is 2.13. The van der Waals surface area contributed by atoms with Crippen LogP contribution in [0.25, 0.3) is 0 Å². The van der Waals surface area contributed by atoms with Gasteiger partial charge in [-0.1, -0.05) is 0 Å². The lowest BCUT2D eigenvalue weighted by molar-refractivity contribution is -0.146. The van der Waals surface area contributed by atoms with Crippen LogP contribution in [0.15, 0.2) is 24.3 Å². The number of nitrogens with two attached hydrogens (primary N) is 1. The number of benzene rings is 1. The van der Waals surface area contributed by atoms with Gasteiger partial charge in [-0.15, -0.1) is 0 Å². The Morgan fingerprint density at radius 3 is 2.05 bits per heavy atom. The second kappa shape index (κ2) is 5.51. The number of hydrogen-bond acceptors (Lipinski definition) is 3. The van der Waals surface area contributed by atoms with Crippen LogP contribution in [-0.2, 0) is 4.79 Å². The van der Waals surface area contributed by atoms with Crippen molar-refractivity contribution in [2.45, 2.75) is 13.8 Å². The van der Waals surface area contributed by atoms with Gasteiger partial charge in [0.25, 0.3) is 5.91 Å². The molecular formula is C13H16N2O4. The van der Waals surface area contributed by atoms with Crippen LogP contribution in [0, 0.1) is 5.41 Å². The molecule has 19 heavy (non-hydrogen) atoms. The van der Waals surface area contributed by atoms with Crippen molar-refractivity contribution in [2.75, 3.05) is 6.54 Å². The Labute approximate surface area is 110 Å². The maximum Gasteiger partial charge on any atom is 0.310 e. The Hall–Kier alpha value is -2.37. The molecule has 0 aliphatic heterocycles. The van der Waals surface area contributed by atoms with E-state index in [2.05, 4.69) is 5.32 Å². The summed E-state index contributed by atoms with van der Waals surface area (Å²) < 4.78 is 0. The smallest absolute Gasteiger partial charge is 0.310 e. The number of carboxylic acid groups (broad SMARTS) is 1. The standard InChI is InChI=1S/C13H16N2O4/c1-13(2,12(18)19)7-15-11(17)9-5-3-8(4-6-9)10(14)16/h3-6H,7H2,1-2H3,(H2,14,16)(H,15,17)(H,18,19). The summed E-state index contributed by atoms with van der Waals surface area (Å²) in [5.41, 5.74) is 4.69. The first-order valence-corrected chi connectivity index (χ1v) is 5.65. The van der Waals surface area contributed by atoms with Crippen molar-refractivity contribution in [2.24, 2.45) is 11.1 Å². The molecule has 0 atom stereocenters. The second-order valence-electron chi connectivity index (χ2n) is 4.81. The van der Waals surface area contributed by atoms with Crippen molar-refractivity contribution in [3.63, 3.8) is 0 Å². The van der Waals surface area contributed by atoms with E-state index < -0.39 is 23.2 Å². The van der Waals surface area contributed by atoms with E-state index in [-0.39, 0.29) is 6.54 Å². The summed E-state index contributed by atoms with van der Waals surface area (Å²) in [7, 11) is 0. The van der Waals surface area contributed by atoms with E-state index in [1.165, 1.54) is 38.1 Å². The van der Waals surface area contributed by atoms with Crippen LogP contribution in [0.1, 0.15) is 34.6 Å². The van der Waals surface area contributed by atoms with Gasteiger partial charge in [0.1, 0.15) is 0 Å². The summed E-state index contributed by atoms with van der Waals surface area (Å²) in [6.07, 6.45) is 0. The zero-order valence-electron chi connectivity index (χ0n) is 10.8. The highest BCUT2D eigenvalue weighted by Gasteiger charge is 2.27. The number of rotatable bonds is 5. The van der Waals surface area contributed by atoms with Crippen molar-refractivity contribution in [1.29, 1.82) is 0 Å². The van der Waals surface area contributed by atoms with E-state index in [1.807, 2.05) is 0 Å². The fourth-order valence-corrected chi connectivity index (χ4v) is 1.26. The number of nitrogens with one attached hydrogen (secondary N) is 1. The van der Waals surface area contributed by atoms with Gasteiger partial charge in [0.15, 0.2) is 0 Å². The third-order valence-corrected chi connectivity index (χ3v) is 2.70. The number of aliphatic carboxylic acids is 1. The lowest BCUT2D eigenvalue weighted by atomic mass is 9.94. The summed E-state index contributed by atoms with van der Waals surface area (Å²) in [6.45, 7) is 3.05. The number of primary amides is 1. The highest BCUT2D eigenvalue weighted by molar-refractivity contribution is 5.97. The van der Waals surface area contributed by atoms with Gasteiger partial charge in [0.2, 0.25) is 5.91 Å². The quantitative estimate of drug-likeness (QED) is 0.724. The van der Waals surface area contributed by atoms with Crippen LogP contribution in [0.5, 0.6) is 0 Å². The van der Waals surface area contributed by atoms with Gasteiger partial charge in [0.05, 0.1) is 5.41 Å². The van der Waals surface area contributed by atoms with E-state index in [1.54, 1.807) is 0 Å². The maximum atomic E-state index is 11.8. The molecule has 0 aliphatic rings. The van der Waals surface area contributed by atoms with Gasteiger partial charge in [0, 0.05) is 17.7 Å². The number of carbonyl (C=O) groups excluding carboxylic acids is 2. The topological polar surface area (TPSA) is 109 Å². The molecule has 1 aromatic carbocycles. The second-order valence-corrected chi connectivity index (χ2v) is 4.81. The van der Waals surface area contributed by atoms with E-state index in [0.717, 1.165) is 0 Å². The molecule has 0 saturated heterocycles. The Kier molecular flexibility index (Phi) is 4.26. The van der Waals surface area contributed by atoms with Gasteiger partial charge >= 0.3 is 5.97 Å². The summed E-state index contributed by atoms with van der Waals surface area (Å²) in [5.74, 6) is -1.96. The van der Waals surface area contributed by atoms with Crippen molar-refractivity contribution < 1.29 is 19.5 Å². The van der Waals surface area contributed by atoms with Crippen LogP contribution in [0.4, 0.5) is 0 Å². The number of hydrogen-bond donors (Lipinski definition) is 3. The molecule has 0 bridgehead atoms. The Morgan fingerprint density at radius 1 is 1.16 bits per heavy atom. The van der Waals surface area contributed by atoms with Gasteiger partial charge in [-0.05, 0) is 38.1 Å². The molecule has 102 valence electrons. The van der Waals surface area contributed by atoms with E-state index in [9.17, 15) is 14.4 Å². The first-order chi connectivity index (χ1) is 8.74. The lowest BCUT2D eigenvalue weighted by Gasteiger charge is -2.19. The predicted octanol–water partition coefficient (Wildman–Crippen LogP) is 0.626. The lowest BCUT2D eigenvalue weighted by Crippen LogP contribution is -2.38. The molecule has 0 radical (unpaired) electrons. The number of carbonyl (C=O) groups is 3. The number of amides is 2. The predicted molar refractivity (Wildman–Crippen MR) is 68.7 cm³/mol. The van der Waals surface area contributed by atoms with Crippen LogP contribution in [0.3, 0.4) is 0 Å². The molecular weight excluding hydrogens is 248 g/mol. The summed E-state index contributed by atoms with van der Waals surface area (Å²) in [4.78, 5) is 33.5. The molecule has 6 nitrogen and oxygen atoms in total. The molecule has 1 rings (SSSR count). The van der Waals surface area contributed by atoms with Gasteiger partial charge in [-0.25, -0.2) is 0 Å². The molecule has 0 aliphatic carbocycles. The average Bonchev–Trinajstić information content (AvgIpc) is 2.36. The van der Waals surface area contributed by atoms with E-state index >= 15 is 0 Å². The third kappa shape index (κ3) is 3.80. The van der Waals surface area contributed by atoms with Gasteiger partial charge in [-0.3, -0.25) is 14.4 Å². The van der Waals surface area contributed by atoms with Crippen molar-refractivity contribution >= 4 is 17.8 Å². The number of carboxylic acids is 1. The minimum atomic E-state index is -1.04. The van der Waals surface area contributed by atoms with Gasteiger partial charge < -0.3 is 16.2 Å². The molecule has 0 unspecified atom stereocenters. The van der Waals surface area contributed by atoms with Crippen molar-refractivity contribution in [1.82, 2.24) is 5.32 Å². The fraction of sp³-hybridized carbons (Fsp3) is 0.308. The van der Waals surface area contributed by atoms with Crippen LogP contribution < -0.4 is 11.1 Å². The minimum absolute atomic E-state index is 0.0126. The molecule has 1 aromatic rings. The SMILES string of the molecule is CC(C)(CNC(=O)c1ccc(C(N)=O)cc1)C(=O)O. The Bertz CT molecular complexity index is 506. The molecule has 0 fully saturated rings. The highest BCUT2D eigenvalue weighted by atomic mass is 16.4. The molecule has 2 amide bonds. The first-order valence-electron chi connectivity index (χ1n) is 5.65. The zero-order chi connectivity index (χ0) is 14.6. The third-order valence-electron chi connectivity index (χ3n) is 2.70. The van der Waals surface area contributed by atoms with Crippen LogP contribution in [0.2, 0.25) is 0 Å². The van der Waals surface area contributed by atoms with E-state index in [4.69, 9.17) is 10.8 Å². The van der Waals surface area contributed by atoms with Crippen LogP contribution in [-0.4, -0.2) is 29.4 Å². The zero-order valence-corrected chi connectivity index (χ0v) is 10.8. The van der Waals surface area contributed by atoms with Crippen LogP contribution >= 0.6 is 0 Å². The Balaban J connectivity index is 2.69. The summed E-state index contributed by atoms with van der Waals surface area (Å²) >= 11 is 0. The fourth-order valence-electron chi connectivity index (χ4n) is 1.26.